The molecule has 0 heterocycles. The molecule has 0 saturated heterocycles. The van der Waals surface area contributed by atoms with E-state index >= 15 is 0 Å². The van der Waals surface area contributed by atoms with Gasteiger partial charge in [0.05, 0.1) is 12.5 Å². The Bertz CT molecular complexity index is 241. The van der Waals surface area contributed by atoms with Gasteiger partial charge in [-0.05, 0) is 0 Å². The second-order valence-electron chi connectivity index (χ2n) is 5.88. The standard InChI is InChI=1S/C11H24N2Si2/c1-8-11(9-10-12)13(14(2,3)4)15(5,6)7/h8,11H,1,9H2,2-7H3. The molecule has 0 rings (SSSR count). The number of hydrogen-bond acceptors (Lipinski definition) is 2. The van der Waals surface area contributed by atoms with Crippen molar-refractivity contribution in [1.82, 2.24) is 4.23 Å². The van der Waals surface area contributed by atoms with Crippen LogP contribution >= 0.6 is 0 Å². The normalized spacial score (nSPS) is 14.8. The van der Waals surface area contributed by atoms with Crippen molar-refractivity contribution in [2.75, 3.05) is 0 Å². The maximum atomic E-state index is 8.85. The molecule has 0 aromatic rings. The van der Waals surface area contributed by atoms with Crippen LogP contribution in [0.25, 0.3) is 0 Å². The lowest BCUT2D eigenvalue weighted by molar-refractivity contribution is 0.523. The van der Waals surface area contributed by atoms with Gasteiger partial charge in [0.25, 0.3) is 0 Å². The summed E-state index contributed by atoms with van der Waals surface area (Å²) in [6.45, 7) is 18.0. The number of nitriles is 1. The summed E-state index contributed by atoms with van der Waals surface area (Å²) in [5.74, 6) is 0. The maximum Gasteiger partial charge on any atom is 0.112 e. The summed E-state index contributed by atoms with van der Waals surface area (Å²) in [7, 11) is -2.74. The van der Waals surface area contributed by atoms with E-state index in [9.17, 15) is 0 Å². The van der Waals surface area contributed by atoms with Crippen molar-refractivity contribution < 1.29 is 0 Å². The van der Waals surface area contributed by atoms with Gasteiger partial charge in [-0.1, -0.05) is 45.4 Å². The Kier molecular flexibility index (Phi) is 4.98. The van der Waals surface area contributed by atoms with Gasteiger partial charge in [0.1, 0.15) is 16.5 Å². The van der Waals surface area contributed by atoms with Crippen LogP contribution in [0.4, 0.5) is 0 Å². The summed E-state index contributed by atoms with van der Waals surface area (Å²) in [4.78, 5) is 0. The van der Waals surface area contributed by atoms with E-state index in [0.29, 0.717) is 6.42 Å². The SMILES string of the molecule is C=CC(CC#N)N([Si](C)(C)C)[Si](C)(C)C. The van der Waals surface area contributed by atoms with Crippen molar-refractivity contribution in [3.63, 3.8) is 0 Å². The third-order valence-electron chi connectivity index (χ3n) is 2.35. The van der Waals surface area contributed by atoms with Gasteiger partial charge in [0, 0.05) is 6.04 Å². The topological polar surface area (TPSA) is 27.0 Å². The van der Waals surface area contributed by atoms with Gasteiger partial charge in [-0.2, -0.15) is 5.26 Å². The summed E-state index contributed by atoms with van der Waals surface area (Å²) in [6, 6.07) is 2.52. The molecule has 86 valence electrons. The van der Waals surface area contributed by atoms with E-state index in [-0.39, 0.29) is 6.04 Å². The second-order valence-corrected chi connectivity index (χ2v) is 16.0. The summed E-state index contributed by atoms with van der Waals surface area (Å²) in [6.07, 6.45) is 2.51. The zero-order chi connectivity index (χ0) is 12.3. The predicted octanol–water partition coefficient (Wildman–Crippen LogP) is 3.43. The molecule has 1 unspecified atom stereocenters. The molecule has 0 aromatic carbocycles. The van der Waals surface area contributed by atoms with Gasteiger partial charge in [0.15, 0.2) is 0 Å². The summed E-state index contributed by atoms with van der Waals surface area (Å²) >= 11 is 0. The molecule has 0 bridgehead atoms. The van der Waals surface area contributed by atoms with Gasteiger partial charge in [-0.3, -0.25) is 0 Å². The van der Waals surface area contributed by atoms with Crippen LogP contribution in [-0.2, 0) is 0 Å². The molecule has 2 nitrogen and oxygen atoms in total. The van der Waals surface area contributed by atoms with Crippen molar-refractivity contribution in [3.05, 3.63) is 12.7 Å². The van der Waals surface area contributed by atoms with Crippen LogP contribution in [0.5, 0.6) is 0 Å². The molecule has 0 aromatic heterocycles. The van der Waals surface area contributed by atoms with Gasteiger partial charge in [-0.25, -0.2) is 0 Å². The highest BCUT2D eigenvalue weighted by molar-refractivity contribution is 6.89. The van der Waals surface area contributed by atoms with Crippen LogP contribution in [0.15, 0.2) is 12.7 Å². The smallest absolute Gasteiger partial charge is 0.112 e. The second kappa shape index (κ2) is 5.10. The Morgan fingerprint density at radius 1 is 1.20 bits per heavy atom. The number of hydrogen-bond donors (Lipinski definition) is 0. The molecular formula is C11H24N2Si2. The molecule has 0 spiro atoms. The monoisotopic (exact) mass is 240 g/mol. The molecule has 1 atom stereocenters. The minimum atomic E-state index is -1.37. The molecule has 4 heteroatoms. The minimum Gasteiger partial charge on any atom is -0.339 e. The first kappa shape index (κ1) is 14.6. The third-order valence-corrected chi connectivity index (χ3v) is 9.93. The van der Waals surface area contributed by atoms with Crippen LogP contribution in [0.3, 0.4) is 0 Å². The van der Waals surface area contributed by atoms with Crippen LogP contribution < -0.4 is 0 Å². The first-order valence-electron chi connectivity index (χ1n) is 5.43. The fourth-order valence-corrected chi connectivity index (χ4v) is 12.8. The van der Waals surface area contributed by atoms with Crippen LogP contribution in [0, 0.1) is 11.3 Å². The van der Waals surface area contributed by atoms with Crippen molar-refractivity contribution >= 4 is 16.5 Å². The molecule has 0 radical (unpaired) electrons. The Morgan fingerprint density at radius 2 is 1.60 bits per heavy atom. The van der Waals surface area contributed by atoms with E-state index in [4.69, 9.17) is 5.26 Å². The highest BCUT2D eigenvalue weighted by Gasteiger charge is 2.37. The van der Waals surface area contributed by atoms with E-state index in [1.54, 1.807) is 0 Å². The van der Waals surface area contributed by atoms with E-state index in [0.717, 1.165) is 0 Å². The van der Waals surface area contributed by atoms with Gasteiger partial charge in [-0.15, -0.1) is 6.58 Å². The fraction of sp³-hybridized carbons (Fsp3) is 0.727. The zero-order valence-corrected chi connectivity index (χ0v) is 13.0. The minimum absolute atomic E-state index is 0.244. The highest BCUT2D eigenvalue weighted by Crippen LogP contribution is 2.24. The summed E-state index contributed by atoms with van der Waals surface area (Å²) in [5, 5.41) is 8.85. The Balaban J connectivity index is 5.11. The summed E-state index contributed by atoms with van der Waals surface area (Å²) in [5.41, 5.74) is 0. The average Bonchev–Trinajstić information content (AvgIpc) is 1.98. The first-order chi connectivity index (χ1) is 6.64. The Labute approximate surface area is 96.8 Å². The molecule has 0 fully saturated rings. The molecular weight excluding hydrogens is 216 g/mol. The fourth-order valence-electron chi connectivity index (χ4n) is 2.37. The number of nitrogens with zero attached hydrogens (tertiary/aromatic N) is 2. The van der Waals surface area contributed by atoms with Gasteiger partial charge in [0.2, 0.25) is 0 Å². The van der Waals surface area contributed by atoms with Gasteiger partial charge >= 0.3 is 0 Å². The predicted molar refractivity (Wildman–Crippen MR) is 72.7 cm³/mol. The van der Waals surface area contributed by atoms with Crippen molar-refractivity contribution in [1.29, 1.82) is 5.26 Å². The lowest BCUT2D eigenvalue weighted by atomic mass is 10.2. The first-order valence-corrected chi connectivity index (χ1v) is 12.3. The quantitative estimate of drug-likeness (QED) is 0.544. The van der Waals surface area contributed by atoms with Crippen molar-refractivity contribution in [3.8, 4) is 6.07 Å². The van der Waals surface area contributed by atoms with Crippen molar-refractivity contribution in [2.45, 2.75) is 51.7 Å². The van der Waals surface area contributed by atoms with Crippen LogP contribution in [0.2, 0.25) is 39.3 Å². The molecule has 0 N–H and O–H groups in total. The van der Waals surface area contributed by atoms with Crippen LogP contribution in [-0.4, -0.2) is 26.7 Å². The van der Waals surface area contributed by atoms with E-state index in [1.807, 2.05) is 6.08 Å². The largest absolute Gasteiger partial charge is 0.339 e. The molecule has 15 heavy (non-hydrogen) atoms. The number of rotatable bonds is 5. The van der Waals surface area contributed by atoms with E-state index in [1.165, 1.54) is 0 Å². The maximum absolute atomic E-state index is 8.85. The molecule has 0 saturated carbocycles. The molecule has 0 aliphatic carbocycles. The highest BCUT2D eigenvalue weighted by atomic mass is 28.4. The molecule has 0 aliphatic rings. The third kappa shape index (κ3) is 4.33. The Morgan fingerprint density at radius 3 is 1.80 bits per heavy atom. The molecule has 0 aliphatic heterocycles. The average molecular weight is 240 g/mol. The van der Waals surface area contributed by atoms with Gasteiger partial charge < -0.3 is 4.23 Å². The zero-order valence-electron chi connectivity index (χ0n) is 11.0. The Hall–Kier alpha value is -0.376. The van der Waals surface area contributed by atoms with E-state index in [2.05, 4.69) is 56.2 Å². The lowest BCUT2D eigenvalue weighted by Crippen LogP contribution is -2.62. The lowest BCUT2D eigenvalue weighted by Gasteiger charge is -2.47. The van der Waals surface area contributed by atoms with Crippen LogP contribution in [0.1, 0.15) is 6.42 Å². The molecule has 0 amide bonds. The van der Waals surface area contributed by atoms with E-state index < -0.39 is 16.5 Å². The summed E-state index contributed by atoms with van der Waals surface area (Å²) < 4.78 is 2.62. The van der Waals surface area contributed by atoms with Crippen molar-refractivity contribution in [2.24, 2.45) is 0 Å².